The van der Waals surface area contributed by atoms with Gasteiger partial charge >= 0.3 is 0 Å². The molecule has 0 aliphatic rings. The third-order valence-electron chi connectivity index (χ3n) is 2.41. The van der Waals surface area contributed by atoms with Gasteiger partial charge in [-0.25, -0.2) is 0 Å². The van der Waals surface area contributed by atoms with E-state index in [0.717, 1.165) is 11.1 Å². The molecule has 2 nitrogen and oxygen atoms in total. The van der Waals surface area contributed by atoms with Gasteiger partial charge in [-0.2, -0.15) is 0 Å². The van der Waals surface area contributed by atoms with Crippen molar-refractivity contribution in [3.63, 3.8) is 0 Å². The van der Waals surface area contributed by atoms with Crippen LogP contribution in [-0.4, -0.2) is 4.98 Å². The van der Waals surface area contributed by atoms with Gasteiger partial charge in [0.2, 0.25) is 0 Å². The van der Waals surface area contributed by atoms with Crippen LogP contribution in [0.25, 0.3) is 11.1 Å². The second-order valence-electron chi connectivity index (χ2n) is 3.65. The summed E-state index contributed by atoms with van der Waals surface area (Å²) in [6, 6.07) is 5.02. The number of hydrogen-bond donors (Lipinski definition) is 1. The summed E-state index contributed by atoms with van der Waals surface area (Å²) in [7, 11) is 0. The molecule has 0 bridgehead atoms. The van der Waals surface area contributed by atoms with Crippen molar-refractivity contribution < 1.29 is 0 Å². The molecule has 0 saturated carbocycles. The molecule has 0 aliphatic heterocycles. The molecule has 88 valence electrons. The number of hydrogen-bond acceptors (Lipinski definition) is 1. The van der Waals surface area contributed by atoms with E-state index in [1.807, 2.05) is 0 Å². The van der Waals surface area contributed by atoms with Gasteiger partial charge in [-0.3, -0.25) is 4.79 Å². The standard InChI is InChI=1S/C12H8Cl3NO/c1-6-2-7(5-16-12(6)17)8-3-10(14)11(15)4-9(8)13/h2-5H,1H3,(H,16,17). The molecule has 1 N–H and O–H groups in total. The third-order valence-corrected chi connectivity index (χ3v) is 3.44. The van der Waals surface area contributed by atoms with E-state index in [9.17, 15) is 4.79 Å². The number of halogens is 3. The lowest BCUT2D eigenvalue weighted by molar-refractivity contribution is 1.18. The first-order valence-corrected chi connectivity index (χ1v) is 5.96. The van der Waals surface area contributed by atoms with Crippen molar-refractivity contribution >= 4 is 34.8 Å². The van der Waals surface area contributed by atoms with E-state index in [-0.39, 0.29) is 5.56 Å². The molecule has 0 saturated heterocycles. The van der Waals surface area contributed by atoms with Gasteiger partial charge in [0.25, 0.3) is 5.56 Å². The Morgan fingerprint density at radius 1 is 1.00 bits per heavy atom. The topological polar surface area (TPSA) is 32.9 Å². The van der Waals surface area contributed by atoms with Crippen LogP contribution in [0.5, 0.6) is 0 Å². The average molecular weight is 289 g/mol. The fourth-order valence-corrected chi connectivity index (χ4v) is 2.15. The maximum Gasteiger partial charge on any atom is 0.250 e. The summed E-state index contributed by atoms with van der Waals surface area (Å²) in [6.45, 7) is 1.73. The van der Waals surface area contributed by atoms with Crippen LogP contribution in [0.1, 0.15) is 5.56 Å². The number of nitrogens with one attached hydrogen (secondary N) is 1. The first-order chi connectivity index (χ1) is 7.99. The summed E-state index contributed by atoms with van der Waals surface area (Å²) in [4.78, 5) is 13.9. The largest absolute Gasteiger partial charge is 0.328 e. The van der Waals surface area contributed by atoms with Gasteiger partial charge in [-0.15, -0.1) is 0 Å². The van der Waals surface area contributed by atoms with Crippen molar-refractivity contribution in [3.05, 3.63) is 55.4 Å². The zero-order valence-corrected chi connectivity index (χ0v) is 11.1. The Bertz CT molecular complexity index is 634. The highest BCUT2D eigenvalue weighted by atomic mass is 35.5. The van der Waals surface area contributed by atoms with E-state index in [2.05, 4.69) is 4.98 Å². The number of pyridine rings is 1. The van der Waals surface area contributed by atoms with E-state index in [1.165, 1.54) is 0 Å². The Hall–Kier alpha value is -0.960. The molecule has 1 aromatic carbocycles. The van der Waals surface area contributed by atoms with Crippen LogP contribution in [0.4, 0.5) is 0 Å². The molecule has 17 heavy (non-hydrogen) atoms. The molecule has 0 atom stereocenters. The molecule has 2 aromatic rings. The van der Waals surface area contributed by atoms with Gasteiger partial charge in [0.05, 0.1) is 15.1 Å². The number of aromatic nitrogens is 1. The lowest BCUT2D eigenvalue weighted by atomic mass is 10.1. The van der Waals surface area contributed by atoms with Crippen molar-refractivity contribution in [2.24, 2.45) is 0 Å². The number of aromatic amines is 1. The third kappa shape index (κ3) is 2.49. The van der Waals surface area contributed by atoms with E-state index in [0.29, 0.717) is 20.6 Å². The highest BCUT2D eigenvalue weighted by Gasteiger charge is 2.09. The lowest BCUT2D eigenvalue weighted by Gasteiger charge is -2.07. The molecule has 0 unspecified atom stereocenters. The summed E-state index contributed by atoms with van der Waals surface area (Å²) in [5, 5.41) is 1.32. The SMILES string of the molecule is Cc1cc(-c2cc(Cl)c(Cl)cc2Cl)c[nH]c1=O. The molecule has 1 heterocycles. The second kappa shape index (κ2) is 4.73. The summed E-state index contributed by atoms with van der Waals surface area (Å²) in [5.74, 6) is 0. The number of rotatable bonds is 1. The van der Waals surface area contributed by atoms with Gasteiger partial charge in [0, 0.05) is 17.3 Å². The molecule has 0 spiro atoms. The van der Waals surface area contributed by atoms with Crippen LogP contribution < -0.4 is 5.56 Å². The number of H-pyrrole nitrogens is 1. The summed E-state index contributed by atoms with van der Waals surface area (Å²) < 4.78 is 0. The molecule has 0 fully saturated rings. The molecule has 5 heteroatoms. The maximum atomic E-state index is 11.3. The van der Waals surface area contributed by atoms with Gasteiger partial charge in [0.15, 0.2) is 0 Å². The lowest BCUT2D eigenvalue weighted by Crippen LogP contribution is -2.07. The highest BCUT2D eigenvalue weighted by molar-refractivity contribution is 6.44. The number of benzene rings is 1. The zero-order chi connectivity index (χ0) is 12.6. The van der Waals surface area contributed by atoms with Gasteiger partial charge in [-0.05, 0) is 30.7 Å². The van der Waals surface area contributed by atoms with Crippen molar-refractivity contribution in [1.82, 2.24) is 4.98 Å². The fourth-order valence-electron chi connectivity index (χ4n) is 1.50. The minimum atomic E-state index is -0.120. The summed E-state index contributed by atoms with van der Waals surface area (Å²) in [6.07, 6.45) is 1.60. The second-order valence-corrected chi connectivity index (χ2v) is 4.87. The Morgan fingerprint density at radius 2 is 1.65 bits per heavy atom. The Morgan fingerprint density at radius 3 is 2.29 bits per heavy atom. The predicted molar refractivity (Wildman–Crippen MR) is 72.3 cm³/mol. The van der Waals surface area contributed by atoms with Gasteiger partial charge < -0.3 is 4.98 Å². The van der Waals surface area contributed by atoms with E-state index >= 15 is 0 Å². The Labute approximate surface area is 113 Å². The van der Waals surface area contributed by atoms with Crippen LogP contribution in [0.15, 0.2) is 29.2 Å². The molecule has 0 amide bonds. The monoisotopic (exact) mass is 287 g/mol. The zero-order valence-electron chi connectivity index (χ0n) is 8.85. The van der Waals surface area contributed by atoms with Crippen LogP contribution in [0.2, 0.25) is 15.1 Å². The molecule has 1 aromatic heterocycles. The van der Waals surface area contributed by atoms with Crippen LogP contribution in [0, 0.1) is 6.92 Å². The minimum absolute atomic E-state index is 0.120. The van der Waals surface area contributed by atoms with Crippen molar-refractivity contribution in [1.29, 1.82) is 0 Å². The smallest absolute Gasteiger partial charge is 0.250 e. The van der Waals surface area contributed by atoms with Crippen molar-refractivity contribution in [2.45, 2.75) is 6.92 Å². The van der Waals surface area contributed by atoms with Crippen LogP contribution in [0.3, 0.4) is 0 Å². The summed E-state index contributed by atoms with van der Waals surface area (Å²) in [5.41, 5.74) is 2.03. The van der Waals surface area contributed by atoms with Gasteiger partial charge in [0.1, 0.15) is 0 Å². The van der Waals surface area contributed by atoms with Gasteiger partial charge in [-0.1, -0.05) is 34.8 Å². The highest BCUT2D eigenvalue weighted by Crippen LogP contribution is 2.34. The minimum Gasteiger partial charge on any atom is -0.328 e. The fraction of sp³-hybridized carbons (Fsp3) is 0.0833. The van der Waals surface area contributed by atoms with E-state index < -0.39 is 0 Å². The average Bonchev–Trinajstić information content (AvgIpc) is 2.27. The number of aryl methyl sites for hydroxylation is 1. The van der Waals surface area contributed by atoms with Crippen molar-refractivity contribution in [3.8, 4) is 11.1 Å². The predicted octanol–water partition coefficient (Wildman–Crippen LogP) is 4.31. The molecule has 0 aliphatic carbocycles. The maximum absolute atomic E-state index is 11.3. The van der Waals surface area contributed by atoms with E-state index in [1.54, 1.807) is 31.3 Å². The first kappa shape index (κ1) is 12.5. The normalized spacial score (nSPS) is 10.6. The molecule has 0 radical (unpaired) electrons. The Balaban J connectivity index is 2.64. The quantitative estimate of drug-likeness (QED) is 0.779. The van der Waals surface area contributed by atoms with Crippen molar-refractivity contribution in [2.75, 3.05) is 0 Å². The van der Waals surface area contributed by atoms with Crippen LogP contribution in [-0.2, 0) is 0 Å². The molecule has 2 rings (SSSR count). The van der Waals surface area contributed by atoms with Crippen LogP contribution >= 0.6 is 34.8 Å². The van der Waals surface area contributed by atoms with E-state index in [4.69, 9.17) is 34.8 Å². The Kier molecular flexibility index (Phi) is 3.48. The molecular formula is C12H8Cl3NO. The first-order valence-electron chi connectivity index (χ1n) is 4.83. The summed E-state index contributed by atoms with van der Waals surface area (Å²) >= 11 is 17.9. The molecular weight excluding hydrogens is 280 g/mol.